The van der Waals surface area contributed by atoms with Crippen LogP contribution in [0.3, 0.4) is 0 Å². The Balaban J connectivity index is 0.000000490. The molecule has 0 unspecified atom stereocenters. The first-order valence-corrected chi connectivity index (χ1v) is 2.24. The van der Waals surface area contributed by atoms with E-state index in [0.717, 1.165) is 5.76 Å². The second-order valence-electron chi connectivity index (χ2n) is 1.60. The summed E-state index contributed by atoms with van der Waals surface area (Å²) in [6, 6.07) is 1.83. The van der Waals surface area contributed by atoms with Crippen LogP contribution in [0.25, 0.3) is 0 Å². The summed E-state index contributed by atoms with van der Waals surface area (Å²) in [5.74, 6) is 0.958. The molecule has 0 bridgehead atoms. The predicted octanol–water partition coefficient (Wildman–Crippen LogP) is 1.69. The first-order chi connectivity index (χ1) is 3.30. The van der Waals surface area contributed by atoms with Crippen molar-refractivity contribution >= 4 is 0 Å². The van der Waals surface area contributed by atoms with Gasteiger partial charge >= 0.3 is 0 Å². The van der Waals surface area contributed by atoms with E-state index in [4.69, 9.17) is 4.42 Å². The van der Waals surface area contributed by atoms with Crippen LogP contribution >= 0.6 is 0 Å². The second-order valence-corrected chi connectivity index (χ2v) is 1.60. The van der Waals surface area contributed by atoms with Crippen LogP contribution < -0.4 is 0 Å². The zero-order valence-corrected chi connectivity index (χ0v) is 6.33. The molecule has 1 aromatic heterocycles. The normalized spacial score (nSPS) is 8.25. The Hall–Kier alpha value is -0.136. The molecule has 0 atom stereocenters. The fourth-order valence-electron chi connectivity index (χ4n) is 0.388. The first-order valence-electron chi connectivity index (χ1n) is 2.24. The molecule has 0 N–H and O–H groups in total. The molecule has 0 aliphatic carbocycles. The molecule has 1 radical (unpaired) electrons. The van der Waals surface area contributed by atoms with E-state index in [1.165, 1.54) is 5.56 Å². The van der Waals surface area contributed by atoms with Gasteiger partial charge in [-0.1, -0.05) is 19.6 Å². The van der Waals surface area contributed by atoms with E-state index in [2.05, 4.69) is 6.26 Å². The van der Waals surface area contributed by atoms with E-state index in [-0.39, 0.29) is 18.6 Å². The molecule has 43 valence electrons. The Morgan fingerprint density at radius 3 is 2.25 bits per heavy atom. The zero-order chi connectivity index (χ0) is 5.28. The summed E-state index contributed by atoms with van der Waals surface area (Å²) in [4.78, 5) is 0. The molecule has 8 heavy (non-hydrogen) atoms. The molecule has 1 rings (SSSR count). The molecule has 0 amide bonds. The van der Waals surface area contributed by atoms with Gasteiger partial charge in [0, 0.05) is 18.6 Å². The van der Waals surface area contributed by atoms with Crippen molar-refractivity contribution in [2.45, 2.75) is 13.8 Å². The standard InChI is InChI=1S/C6H7O.V/c1-5-3-4-7-6(5)2;/h3H,1-2H3;/q-1;. The third-order valence-electron chi connectivity index (χ3n) is 1.04. The van der Waals surface area contributed by atoms with Crippen molar-refractivity contribution in [2.24, 2.45) is 0 Å². The predicted molar refractivity (Wildman–Crippen MR) is 27.0 cm³/mol. The maximum atomic E-state index is 4.84. The minimum atomic E-state index is 0. The molecule has 0 spiro atoms. The van der Waals surface area contributed by atoms with Gasteiger partial charge < -0.3 is 4.42 Å². The number of hydrogen-bond acceptors (Lipinski definition) is 1. The van der Waals surface area contributed by atoms with Crippen LogP contribution in [-0.4, -0.2) is 0 Å². The van der Waals surface area contributed by atoms with Gasteiger partial charge in [-0.05, 0) is 6.26 Å². The fraction of sp³-hybridized carbons (Fsp3) is 0.333. The molecule has 0 fully saturated rings. The number of furan rings is 1. The molecule has 1 aromatic rings. The zero-order valence-electron chi connectivity index (χ0n) is 4.93. The average molecular weight is 146 g/mol. The van der Waals surface area contributed by atoms with Crippen molar-refractivity contribution < 1.29 is 23.0 Å². The summed E-state index contributed by atoms with van der Waals surface area (Å²) in [6.07, 6.45) is 2.62. The van der Waals surface area contributed by atoms with Gasteiger partial charge in [-0.15, -0.1) is 6.07 Å². The van der Waals surface area contributed by atoms with Crippen LogP contribution in [0.1, 0.15) is 11.3 Å². The van der Waals surface area contributed by atoms with Crippen LogP contribution in [0.15, 0.2) is 10.5 Å². The Bertz CT molecular complexity index is 141. The Kier molecular flexibility index (Phi) is 2.95. The van der Waals surface area contributed by atoms with Crippen molar-refractivity contribution in [2.75, 3.05) is 0 Å². The molecule has 1 heterocycles. The molecular formula is C6H7OV-. The minimum Gasteiger partial charge on any atom is -0.596 e. The largest absolute Gasteiger partial charge is 0.596 e. The van der Waals surface area contributed by atoms with E-state index in [1.807, 2.05) is 19.9 Å². The van der Waals surface area contributed by atoms with Crippen molar-refractivity contribution in [1.82, 2.24) is 0 Å². The molecule has 0 aromatic carbocycles. The van der Waals surface area contributed by atoms with E-state index in [0.29, 0.717) is 0 Å². The summed E-state index contributed by atoms with van der Waals surface area (Å²) in [5.41, 5.74) is 1.17. The number of aryl methyl sites for hydroxylation is 2. The van der Waals surface area contributed by atoms with E-state index >= 15 is 0 Å². The van der Waals surface area contributed by atoms with Gasteiger partial charge in [-0.2, -0.15) is 5.56 Å². The van der Waals surface area contributed by atoms with Gasteiger partial charge in [0.1, 0.15) is 0 Å². The van der Waals surface area contributed by atoms with Gasteiger partial charge in [0.05, 0.1) is 0 Å². The minimum absolute atomic E-state index is 0. The molecule has 0 aliphatic rings. The Morgan fingerprint density at radius 2 is 2.12 bits per heavy atom. The monoisotopic (exact) mass is 146 g/mol. The second kappa shape index (κ2) is 3.00. The SMILES string of the molecule is Cc1c[c-]oc1C.[V]. The topological polar surface area (TPSA) is 13.1 Å². The first kappa shape index (κ1) is 7.86. The summed E-state index contributed by atoms with van der Waals surface area (Å²) in [7, 11) is 0. The quantitative estimate of drug-likeness (QED) is 0.507. The molecule has 1 nitrogen and oxygen atoms in total. The summed E-state index contributed by atoms with van der Waals surface area (Å²) in [5, 5.41) is 0. The Morgan fingerprint density at radius 1 is 1.50 bits per heavy atom. The Labute approximate surface area is 61.0 Å². The van der Waals surface area contributed by atoms with E-state index in [1.54, 1.807) is 0 Å². The average Bonchev–Trinajstić information content (AvgIpc) is 1.91. The van der Waals surface area contributed by atoms with Crippen molar-refractivity contribution in [3.8, 4) is 0 Å². The van der Waals surface area contributed by atoms with Crippen LogP contribution in [0.2, 0.25) is 0 Å². The maximum absolute atomic E-state index is 4.84. The smallest absolute Gasteiger partial charge is 0 e. The number of hydrogen-bond donors (Lipinski definition) is 0. The van der Waals surface area contributed by atoms with Gasteiger partial charge in [0.15, 0.2) is 0 Å². The third-order valence-corrected chi connectivity index (χ3v) is 1.04. The summed E-state index contributed by atoms with van der Waals surface area (Å²) < 4.78 is 4.84. The maximum Gasteiger partial charge on any atom is 0 e. The molecule has 2 heteroatoms. The van der Waals surface area contributed by atoms with Gasteiger partial charge in [-0.25, -0.2) is 0 Å². The van der Waals surface area contributed by atoms with Crippen molar-refractivity contribution in [3.05, 3.63) is 23.7 Å². The number of rotatable bonds is 0. The third kappa shape index (κ3) is 1.43. The van der Waals surface area contributed by atoms with Crippen LogP contribution in [0.4, 0.5) is 0 Å². The van der Waals surface area contributed by atoms with Crippen LogP contribution in [0.5, 0.6) is 0 Å². The molecule has 0 aliphatic heterocycles. The van der Waals surface area contributed by atoms with Gasteiger partial charge in [0.25, 0.3) is 0 Å². The van der Waals surface area contributed by atoms with E-state index in [9.17, 15) is 0 Å². The summed E-state index contributed by atoms with van der Waals surface area (Å²) in [6.45, 7) is 3.92. The van der Waals surface area contributed by atoms with Gasteiger partial charge in [0.2, 0.25) is 0 Å². The van der Waals surface area contributed by atoms with Crippen LogP contribution in [0, 0.1) is 20.1 Å². The van der Waals surface area contributed by atoms with E-state index < -0.39 is 0 Å². The molecule has 0 saturated carbocycles. The van der Waals surface area contributed by atoms with Crippen molar-refractivity contribution in [1.29, 1.82) is 0 Å². The van der Waals surface area contributed by atoms with Crippen LogP contribution in [-0.2, 0) is 18.6 Å². The molecular weight excluding hydrogens is 139 g/mol. The summed E-state index contributed by atoms with van der Waals surface area (Å²) >= 11 is 0. The van der Waals surface area contributed by atoms with Gasteiger partial charge in [-0.3, -0.25) is 0 Å². The fourth-order valence-corrected chi connectivity index (χ4v) is 0.388. The van der Waals surface area contributed by atoms with Crippen molar-refractivity contribution in [3.63, 3.8) is 0 Å². The molecule has 0 saturated heterocycles.